The molecule has 0 radical (unpaired) electrons. The SMILES string of the molecule is O=C(OCc1ccc(Cl)cc1)N1CCC2(CC1)CC(Br)=NO2. The van der Waals surface area contributed by atoms with E-state index < -0.39 is 0 Å². The van der Waals surface area contributed by atoms with Gasteiger partial charge >= 0.3 is 6.09 Å². The van der Waals surface area contributed by atoms with Crippen molar-refractivity contribution in [2.75, 3.05) is 13.1 Å². The normalized spacial score (nSPS) is 19.7. The van der Waals surface area contributed by atoms with Crippen molar-refractivity contribution in [3.8, 4) is 0 Å². The number of ether oxygens (including phenoxy) is 1. The Bertz CT molecular complexity index is 583. The fourth-order valence-corrected chi connectivity index (χ4v) is 3.37. The van der Waals surface area contributed by atoms with E-state index in [9.17, 15) is 4.79 Å². The Morgan fingerprint density at radius 1 is 1.36 bits per heavy atom. The first-order valence-corrected chi connectivity index (χ1v) is 8.30. The number of rotatable bonds is 2. The summed E-state index contributed by atoms with van der Waals surface area (Å²) in [5.41, 5.74) is 0.675. The van der Waals surface area contributed by atoms with Crippen molar-refractivity contribution in [2.24, 2.45) is 5.16 Å². The van der Waals surface area contributed by atoms with Crippen LogP contribution in [0.5, 0.6) is 0 Å². The highest BCUT2D eigenvalue weighted by Gasteiger charge is 2.42. The van der Waals surface area contributed by atoms with Gasteiger partial charge in [-0.05, 0) is 33.6 Å². The maximum Gasteiger partial charge on any atom is 0.410 e. The van der Waals surface area contributed by atoms with Gasteiger partial charge in [0.15, 0.2) is 0 Å². The fraction of sp³-hybridized carbons (Fsp3) is 0.467. The highest BCUT2D eigenvalue weighted by Crippen LogP contribution is 2.35. The summed E-state index contributed by atoms with van der Waals surface area (Å²) in [6.07, 6.45) is 2.02. The van der Waals surface area contributed by atoms with Crippen molar-refractivity contribution in [2.45, 2.75) is 31.5 Å². The van der Waals surface area contributed by atoms with Crippen LogP contribution in [0.1, 0.15) is 24.8 Å². The number of benzene rings is 1. The van der Waals surface area contributed by atoms with Crippen LogP contribution in [0.2, 0.25) is 5.02 Å². The van der Waals surface area contributed by atoms with Crippen LogP contribution < -0.4 is 0 Å². The van der Waals surface area contributed by atoms with Crippen LogP contribution in [0.4, 0.5) is 4.79 Å². The van der Waals surface area contributed by atoms with Gasteiger partial charge in [0.2, 0.25) is 0 Å². The molecule has 1 spiro atoms. The summed E-state index contributed by atoms with van der Waals surface area (Å²) in [4.78, 5) is 19.3. The van der Waals surface area contributed by atoms with Crippen LogP contribution in [0.25, 0.3) is 0 Å². The quantitative estimate of drug-likeness (QED) is 0.772. The number of likely N-dealkylation sites (tertiary alicyclic amines) is 1. The van der Waals surface area contributed by atoms with Crippen molar-refractivity contribution >= 4 is 38.2 Å². The Morgan fingerprint density at radius 3 is 2.64 bits per heavy atom. The number of hydrogen-bond acceptors (Lipinski definition) is 4. The Balaban J connectivity index is 1.47. The summed E-state index contributed by atoms with van der Waals surface area (Å²) in [7, 11) is 0. The molecule has 0 atom stereocenters. The average Bonchev–Trinajstić information content (AvgIpc) is 2.88. The molecule has 0 bridgehead atoms. The number of nitrogens with zero attached hydrogens (tertiary/aromatic N) is 2. The van der Waals surface area contributed by atoms with E-state index >= 15 is 0 Å². The summed E-state index contributed by atoms with van der Waals surface area (Å²) in [5, 5.41) is 4.62. The Kier molecular flexibility index (Phi) is 4.59. The minimum atomic E-state index is -0.289. The van der Waals surface area contributed by atoms with E-state index in [-0.39, 0.29) is 18.3 Å². The van der Waals surface area contributed by atoms with Gasteiger partial charge in [-0.15, -0.1) is 0 Å². The number of carbonyl (C=O) groups excluding carboxylic acids is 1. The second-order valence-electron chi connectivity index (χ2n) is 5.59. The van der Waals surface area contributed by atoms with Gasteiger partial charge in [0, 0.05) is 37.4 Å². The van der Waals surface area contributed by atoms with E-state index in [1.807, 2.05) is 12.1 Å². The van der Waals surface area contributed by atoms with Gasteiger partial charge in [-0.1, -0.05) is 28.9 Å². The molecule has 0 aliphatic carbocycles. The molecule has 1 amide bonds. The molecule has 0 unspecified atom stereocenters. The molecule has 2 aliphatic heterocycles. The van der Waals surface area contributed by atoms with Gasteiger partial charge in [0.25, 0.3) is 0 Å². The lowest BCUT2D eigenvalue weighted by molar-refractivity contribution is -0.0596. The number of halogens is 2. The molecule has 1 aromatic rings. The van der Waals surface area contributed by atoms with Crippen LogP contribution >= 0.6 is 27.5 Å². The second kappa shape index (κ2) is 6.46. The number of piperidine rings is 1. The predicted molar refractivity (Wildman–Crippen MR) is 87.2 cm³/mol. The highest BCUT2D eigenvalue weighted by atomic mass is 79.9. The van der Waals surface area contributed by atoms with Gasteiger partial charge in [0.05, 0.1) is 0 Å². The number of hydrogen-bond donors (Lipinski definition) is 0. The van der Waals surface area contributed by atoms with Gasteiger partial charge in [-0.3, -0.25) is 0 Å². The molecule has 1 saturated heterocycles. The summed E-state index contributed by atoms with van der Waals surface area (Å²) >= 11 is 9.18. The van der Waals surface area contributed by atoms with Crippen LogP contribution in [0.15, 0.2) is 29.4 Å². The lowest BCUT2D eigenvalue weighted by Gasteiger charge is -2.36. The first kappa shape index (κ1) is 15.6. The predicted octanol–water partition coefficient (Wildman–Crippen LogP) is 3.94. The largest absolute Gasteiger partial charge is 0.445 e. The maximum atomic E-state index is 12.1. The van der Waals surface area contributed by atoms with Crippen molar-refractivity contribution in [3.63, 3.8) is 0 Å². The van der Waals surface area contributed by atoms with E-state index in [0.717, 1.165) is 29.4 Å². The summed E-state index contributed by atoms with van der Waals surface area (Å²) in [6.45, 7) is 1.49. The van der Waals surface area contributed by atoms with E-state index in [0.29, 0.717) is 18.1 Å². The van der Waals surface area contributed by atoms with E-state index in [2.05, 4.69) is 21.1 Å². The van der Waals surface area contributed by atoms with Crippen LogP contribution in [-0.2, 0) is 16.2 Å². The summed E-state index contributed by atoms with van der Waals surface area (Å²) < 4.78 is 6.18. The van der Waals surface area contributed by atoms with Crippen LogP contribution in [0, 0.1) is 0 Å². The Morgan fingerprint density at radius 2 is 2.05 bits per heavy atom. The molecule has 2 heterocycles. The molecule has 7 heteroatoms. The minimum absolute atomic E-state index is 0.244. The molecule has 1 aromatic carbocycles. The topological polar surface area (TPSA) is 51.1 Å². The lowest BCUT2D eigenvalue weighted by atomic mass is 9.89. The molecule has 1 fully saturated rings. The zero-order chi connectivity index (χ0) is 15.6. The fourth-order valence-electron chi connectivity index (χ4n) is 2.66. The zero-order valence-electron chi connectivity index (χ0n) is 11.9. The molecular formula is C15H16BrClN2O3. The third-order valence-electron chi connectivity index (χ3n) is 4.01. The molecule has 5 nitrogen and oxygen atoms in total. The molecule has 0 N–H and O–H groups in total. The van der Waals surface area contributed by atoms with Crippen molar-refractivity contribution in [3.05, 3.63) is 34.9 Å². The molecule has 2 aliphatic rings. The second-order valence-corrected chi connectivity index (χ2v) is 6.94. The van der Waals surface area contributed by atoms with Crippen molar-refractivity contribution in [1.29, 1.82) is 0 Å². The third-order valence-corrected chi connectivity index (χ3v) is 4.69. The molecule has 118 valence electrons. The highest BCUT2D eigenvalue weighted by molar-refractivity contribution is 9.18. The molecule has 22 heavy (non-hydrogen) atoms. The number of oxime groups is 1. The van der Waals surface area contributed by atoms with Gasteiger partial charge in [-0.2, -0.15) is 0 Å². The Hall–Kier alpha value is -1.27. The van der Waals surface area contributed by atoms with Crippen molar-refractivity contribution < 1.29 is 14.4 Å². The van der Waals surface area contributed by atoms with Crippen molar-refractivity contribution in [1.82, 2.24) is 4.90 Å². The van der Waals surface area contributed by atoms with E-state index in [4.69, 9.17) is 21.2 Å². The summed E-state index contributed by atoms with van der Waals surface area (Å²) in [5.74, 6) is 0. The lowest BCUT2D eigenvalue weighted by Crippen LogP contribution is -2.46. The number of amides is 1. The first-order chi connectivity index (χ1) is 10.6. The van der Waals surface area contributed by atoms with Gasteiger partial charge in [0.1, 0.15) is 16.8 Å². The van der Waals surface area contributed by atoms with Gasteiger partial charge in [-0.25, -0.2) is 4.79 Å². The molecule has 0 saturated carbocycles. The average molecular weight is 388 g/mol. The standard InChI is InChI=1S/C15H16BrClN2O3/c16-13-9-15(22-18-13)5-7-19(8-6-15)14(20)21-10-11-1-3-12(17)4-2-11/h1-4H,5-10H2. The minimum Gasteiger partial charge on any atom is -0.445 e. The molecule has 3 rings (SSSR count). The van der Waals surface area contributed by atoms with Gasteiger partial charge < -0.3 is 14.5 Å². The number of carbonyl (C=O) groups is 1. The van der Waals surface area contributed by atoms with Crippen LogP contribution in [0.3, 0.4) is 0 Å². The molecular weight excluding hydrogens is 372 g/mol. The Labute approximate surface area is 142 Å². The monoisotopic (exact) mass is 386 g/mol. The third kappa shape index (κ3) is 3.55. The summed E-state index contributed by atoms with van der Waals surface area (Å²) in [6, 6.07) is 7.26. The van der Waals surface area contributed by atoms with E-state index in [1.54, 1.807) is 17.0 Å². The zero-order valence-corrected chi connectivity index (χ0v) is 14.3. The van der Waals surface area contributed by atoms with Crippen LogP contribution in [-0.4, -0.2) is 34.3 Å². The first-order valence-electron chi connectivity index (χ1n) is 7.13. The maximum absolute atomic E-state index is 12.1. The smallest absolute Gasteiger partial charge is 0.410 e. The van der Waals surface area contributed by atoms with E-state index in [1.165, 1.54) is 0 Å². The molecule has 0 aromatic heterocycles.